The van der Waals surface area contributed by atoms with E-state index >= 15 is 0 Å². The molecule has 0 spiro atoms. The van der Waals surface area contributed by atoms with Gasteiger partial charge in [-0.3, -0.25) is 14.9 Å². The Morgan fingerprint density at radius 1 is 0.848 bits per heavy atom. The van der Waals surface area contributed by atoms with Crippen LogP contribution in [0.2, 0.25) is 5.02 Å². The predicted octanol–water partition coefficient (Wildman–Crippen LogP) is 7.64. The van der Waals surface area contributed by atoms with Crippen molar-refractivity contribution in [3.05, 3.63) is 116 Å². The monoisotopic (exact) mass is 704 g/mol. The fourth-order valence-corrected chi connectivity index (χ4v) is 5.51. The first-order valence-corrected chi connectivity index (χ1v) is 15.5. The van der Waals surface area contributed by atoms with Gasteiger partial charge in [-0.05, 0) is 94.5 Å². The van der Waals surface area contributed by atoms with Gasteiger partial charge in [0.1, 0.15) is 18.8 Å². The molecule has 46 heavy (non-hydrogen) atoms. The number of anilines is 1. The molecule has 0 atom stereocenters. The van der Waals surface area contributed by atoms with E-state index in [1.165, 1.54) is 13.2 Å². The fraction of sp³-hybridized carbons (Fsp3) is 0.171. The second-order valence-corrected chi connectivity index (χ2v) is 11.4. The molecule has 236 valence electrons. The van der Waals surface area contributed by atoms with E-state index in [0.29, 0.717) is 56.8 Å². The summed E-state index contributed by atoms with van der Waals surface area (Å²) in [5, 5.41) is 2.61. The first-order chi connectivity index (χ1) is 22.2. The smallest absolute Gasteiger partial charge is 0.335 e. The Morgan fingerprint density at radius 3 is 2.35 bits per heavy atom. The summed E-state index contributed by atoms with van der Waals surface area (Å²) in [4.78, 5) is 39.8. The van der Waals surface area contributed by atoms with Crippen LogP contribution >= 0.6 is 27.5 Å². The molecular formula is C35H30BrClN2O7. The molecule has 0 unspecified atom stereocenters. The van der Waals surface area contributed by atoms with Crippen LogP contribution in [0.3, 0.4) is 0 Å². The number of hydrogen-bond acceptors (Lipinski definition) is 7. The number of amides is 4. The average molecular weight is 706 g/mol. The SMILES string of the molecule is CCOc1cc(COc2c(Br)cc(/C=C3/C(=O)NC(=O)N(c4cccc(Cl)c4C)C3=O)cc2OC)ccc1OCc1ccccc1. The van der Waals surface area contributed by atoms with Crippen LogP contribution in [0.5, 0.6) is 23.0 Å². The highest BCUT2D eigenvalue weighted by atomic mass is 79.9. The van der Waals surface area contributed by atoms with E-state index in [0.717, 1.165) is 16.0 Å². The number of nitrogens with one attached hydrogen (secondary N) is 1. The Kier molecular flexibility index (Phi) is 10.3. The average Bonchev–Trinajstić information content (AvgIpc) is 3.04. The summed E-state index contributed by atoms with van der Waals surface area (Å²) in [5.74, 6) is 0.397. The molecule has 11 heteroatoms. The highest BCUT2D eigenvalue weighted by Crippen LogP contribution is 2.39. The number of barbiturate groups is 1. The van der Waals surface area contributed by atoms with Crippen molar-refractivity contribution in [3.63, 3.8) is 0 Å². The molecule has 5 rings (SSSR count). The molecule has 4 amide bonds. The number of carbonyl (C=O) groups excluding carboxylic acids is 3. The van der Waals surface area contributed by atoms with E-state index in [1.54, 1.807) is 37.3 Å². The maximum Gasteiger partial charge on any atom is 0.335 e. The van der Waals surface area contributed by atoms with Crippen LogP contribution < -0.4 is 29.2 Å². The Bertz CT molecular complexity index is 1830. The predicted molar refractivity (Wildman–Crippen MR) is 179 cm³/mol. The van der Waals surface area contributed by atoms with Crippen molar-refractivity contribution in [1.29, 1.82) is 0 Å². The Balaban J connectivity index is 1.36. The van der Waals surface area contributed by atoms with E-state index in [9.17, 15) is 14.4 Å². The molecule has 0 aromatic heterocycles. The van der Waals surface area contributed by atoms with Crippen molar-refractivity contribution in [3.8, 4) is 23.0 Å². The van der Waals surface area contributed by atoms with E-state index in [1.807, 2.05) is 55.5 Å². The molecular weight excluding hydrogens is 676 g/mol. The lowest BCUT2D eigenvalue weighted by Crippen LogP contribution is -2.54. The van der Waals surface area contributed by atoms with Crippen molar-refractivity contribution in [2.24, 2.45) is 0 Å². The van der Waals surface area contributed by atoms with E-state index in [-0.39, 0.29) is 17.9 Å². The number of ether oxygens (including phenoxy) is 4. The third kappa shape index (κ3) is 7.19. The number of imide groups is 2. The van der Waals surface area contributed by atoms with Gasteiger partial charge in [-0.25, -0.2) is 9.69 Å². The van der Waals surface area contributed by atoms with E-state index in [2.05, 4.69) is 21.2 Å². The molecule has 1 heterocycles. The molecule has 0 bridgehead atoms. The van der Waals surface area contributed by atoms with Crippen LogP contribution in [-0.2, 0) is 22.8 Å². The second-order valence-electron chi connectivity index (χ2n) is 10.2. The summed E-state index contributed by atoms with van der Waals surface area (Å²) < 4.78 is 24.1. The second kappa shape index (κ2) is 14.5. The molecule has 9 nitrogen and oxygen atoms in total. The minimum absolute atomic E-state index is 0.186. The minimum atomic E-state index is -0.858. The zero-order valence-electron chi connectivity index (χ0n) is 25.3. The van der Waals surface area contributed by atoms with E-state index < -0.39 is 17.8 Å². The van der Waals surface area contributed by atoms with Gasteiger partial charge in [0, 0.05) is 5.02 Å². The van der Waals surface area contributed by atoms with Gasteiger partial charge in [0.15, 0.2) is 23.0 Å². The molecule has 1 fully saturated rings. The highest BCUT2D eigenvalue weighted by Gasteiger charge is 2.37. The number of benzene rings is 4. The summed E-state index contributed by atoms with van der Waals surface area (Å²) in [7, 11) is 1.48. The van der Waals surface area contributed by atoms with Crippen LogP contribution in [0.1, 0.15) is 29.2 Å². The molecule has 4 aromatic carbocycles. The largest absolute Gasteiger partial charge is 0.493 e. The number of urea groups is 1. The van der Waals surface area contributed by atoms with Crippen LogP contribution in [0, 0.1) is 6.92 Å². The minimum Gasteiger partial charge on any atom is -0.493 e. The van der Waals surface area contributed by atoms with Gasteiger partial charge in [-0.2, -0.15) is 0 Å². The van der Waals surface area contributed by atoms with Crippen LogP contribution in [0.25, 0.3) is 6.08 Å². The van der Waals surface area contributed by atoms with Gasteiger partial charge in [-0.15, -0.1) is 0 Å². The zero-order valence-corrected chi connectivity index (χ0v) is 27.6. The number of rotatable bonds is 11. The fourth-order valence-electron chi connectivity index (χ4n) is 4.77. The number of carbonyl (C=O) groups is 3. The van der Waals surface area contributed by atoms with Crippen molar-refractivity contribution < 1.29 is 33.3 Å². The molecule has 4 aromatic rings. The summed E-state index contributed by atoms with van der Waals surface area (Å²) in [6, 6.07) is 22.8. The standard InChI is InChI=1S/C35H30BrClN2O7/c1-4-44-30-17-23(13-14-29(30)45-19-22-9-6-5-7-10-22)20-46-32-26(36)16-24(18-31(32)43-3)15-25-33(40)38-35(42)39(34(25)41)28-12-8-11-27(37)21(28)2/h5-18H,4,19-20H2,1-3H3,(H,38,40,42)/b25-15-. The van der Waals surface area contributed by atoms with Gasteiger partial charge in [0.25, 0.3) is 11.8 Å². The van der Waals surface area contributed by atoms with Gasteiger partial charge >= 0.3 is 6.03 Å². The quantitative estimate of drug-likeness (QED) is 0.126. The maximum atomic E-state index is 13.4. The first-order valence-electron chi connectivity index (χ1n) is 14.3. The Labute approximate surface area is 279 Å². The lowest BCUT2D eigenvalue weighted by Gasteiger charge is -2.27. The lowest BCUT2D eigenvalue weighted by atomic mass is 10.1. The summed E-state index contributed by atoms with van der Waals surface area (Å²) >= 11 is 9.76. The third-order valence-corrected chi connectivity index (χ3v) is 8.07. The van der Waals surface area contributed by atoms with Gasteiger partial charge in [0.2, 0.25) is 0 Å². The topological polar surface area (TPSA) is 103 Å². The normalized spacial score (nSPS) is 13.9. The number of methoxy groups -OCH3 is 1. The number of nitrogens with zero attached hydrogens (tertiary/aromatic N) is 1. The van der Waals surface area contributed by atoms with Crippen LogP contribution in [-0.4, -0.2) is 31.6 Å². The molecule has 0 radical (unpaired) electrons. The van der Waals surface area contributed by atoms with Crippen molar-refractivity contribution in [2.75, 3.05) is 18.6 Å². The molecule has 1 N–H and O–H groups in total. The third-order valence-electron chi connectivity index (χ3n) is 7.07. The molecule has 0 aliphatic carbocycles. The summed E-state index contributed by atoms with van der Waals surface area (Å²) in [5.41, 5.74) is 2.91. The Hall–Kier alpha value is -4.80. The molecule has 0 saturated carbocycles. The summed E-state index contributed by atoms with van der Waals surface area (Å²) in [6.07, 6.45) is 1.39. The van der Waals surface area contributed by atoms with Gasteiger partial charge < -0.3 is 18.9 Å². The van der Waals surface area contributed by atoms with Crippen molar-refractivity contribution in [2.45, 2.75) is 27.1 Å². The highest BCUT2D eigenvalue weighted by molar-refractivity contribution is 9.10. The number of hydrogen-bond donors (Lipinski definition) is 1. The first kappa shape index (κ1) is 32.6. The lowest BCUT2D eigenvalue weighted by molar-refractivity contribution is -0.122. The van der Waals surface area contributed by atoms with E-state index in [4.69, 9.17) is 30.5 Å². The van der Waals surface area contributed by atoms with Crippen LogP contribution in [0.4, 0.5) is 10.5 Å². The Morgan fingerprint density at radius 2 is 1.61 bits per heavy atom. The maximum absolute atomic E-state index is 13.4. The zero-order chi connectivity index (χ0) is 32.8. The van der Waals surface area contributed by atoms with Gasteiger partial charge in [-0.1, -0.05) is 54.1 Å². The molecule has 1 aliphatic rings. The van der Waals surface area contributed by atoms with Crippen molar-refractivity contribution >= 4 is 57.1 Å². The number of halogens is 2. The van der Waals surface area contributed by atoms with Crippen LogP contribution in [0.15, 0.2) is 88.9 Å². The molecule has 1 saturated heterocycles. The van der Waals surface area contributed by atoms with Crippen molar-refractivity contribution in [1.82, 2.24) is 5.32 Å². The molecule has 1 aliphatic heterocycles. The summed E-state index contributed by atoms with van der Waals surface area (Å²) in [6.45, 7) is 4.65. The van der Waals surface area contributed by atoms with Gasteiger partial charge in [0.05, 0.1) is 23.9 Å².